The van der Waals surface area contributed by atoms with E-state index in [1.54, 1.807) is 7.11 Å². The van der Waals surface area contributed by atoms with Gasteiger partial charge in [0, 0.05) is 23.6 Å². The lowest BCUT2D eigenvalue weighted by atomic mass is 10.1. The Labute approximate surface area is 162 Å². The summed E-state index contributed by atoms with van der Waals surface area (Å²) in [7, 11) is 1.71. The Morgan fingerprint density at radius 3 is 2.48 bits per heavy atom. The molecule has 2 aromatic carbocycles. The number of benzene rings is 2. The first-order chi connectivity index (χ1) is 13.2. The second-order valence-electron chi connectivity index (χ2n) is 6.62. The molecular weight excluding hydrogens is 334 g/mol. The first kappa shape index (κ1) is 19.2. The van der Waals surface area contributed by atoms with Crippen molar-refractivity contribution in [1.82, 2.24) is 9.88 Å². The number of fused-ring (bicyclic) bond motifs is 1. The normalized spacial score (nSPS) is 11.1. The van der Waals surface area contributed by atoms with Crippen LogP contribution in [0.5, 0.6) is 5.75 Å². The van der Waals surface area contributed by atoms with Crippen molar-refractivity contribution in [3.63, 3.8) is 0 Å². The van der Waals surface area contributed by atoms with Crippen molar-refractivity contribution in [3.05, 3.63) is 54.6 Å². The van der Waals surface area contributed by atoms with Crippen LogP contribution in [-0.2, 0) is 0 Å². The van der Waals surface area contributed by atoms with E-state index in [4.69, 9.17) is 9.72 Å². The summed E-state index contributed by atoms with van der Waals surface area (Å²) in [6, 6.07) is 18.6. The van der Waals surface area contributed by atoms with E-state index >= 15 is 0 Å². The molecule has 142 valence electrons. The van der Waals surface area contributed by atoms with Gasteiger partial charge < -0.3 is 15.0 Å². The first-order valence-electron chi connectivity index (χ1n) is 9.75. The fraction of sp³-hybridized carbons (Fsp3) is 0.348. The minimum atomic E-state index is 0.850. The van der Waals surface area contributed by atoms with Gasteiger partial charge in [-0.3, -0.25) is 0 Å². The zero-order valence-corrected chi connectivity index (χ0v) is 16.5. The number of hydrogen-bond donors (Lipinski definition) is 1. The summed E-state index contributed by atoms with van der Waals surface area (Å²) in [4.78, 5) is 7.38. The minimum Gasteiger partial charge on any atom is -0.497 e. The third kappa shape index (κ3) is 4.77. The lowest BCUT2D eigenvalue weighted by Gasteiger charge is -2.18. The van der Waals surface area contributed by atoms with Gasteiger partial charge in [0.05, 0.1) is 24.0 Å². The van der Waals surface area contributed by atoms with Gasteiger partial charge in [0.15, 0.2) is 0 Å². The highest BCUT2D eigenvalue weighted by Crippen LogP contribution is 2.30. The molecule has 0 amide bonds. The van der Waals surface area contributed by atoms with Crippen LogP contribution in [0.3, 0.4) is 0 Å². The fourth-order valence-electron chi connectivity index (χ4n) is 3.30. The van der Waals surface area contributed by atoms with Crippen molar-refractivity contribution >= 4 is 16.6 Å². The molecule has 4 heteroatoms. The quantitative estimate of drug-likeness (QED) is 0.540. The summed E-state index contributed by atoms with van der Waals surface area (Å²) in [5, 5.41) is 4.66. The van der Waals surface area contributed by atoms with Gasteiger partial charge in [0.1, 0.15) is 5.75 Å². The average Bonchev–Trinajstić information content (AvgIpc) is 2.73. The van der Waals surface area contributed by atoms with Crippen molar-refractivity contribution in [2.75, 3.05) is 38.6 Å². The van der Waals surface area contributed by atoms with Crippen LogP contribution in [0.15, 0.2) is 54.6 Å². The number of nitrogens with zero attached hydrogens (tertiary/aromatic N) is 2. The average molecular weight is 364 g/mol. The molecule has 0 aliphatic carbocycles. The van der Waals surface area contributed by atoms with Gasteiger partial charge in [0.25, 0.3) is 0 Å². The minimum absolute atomic E-state index is 0.850. The third-order valence-corrected chi connectivity index (χ3v) is 4.93. The van der Waals surface area contributed by atoms with Crippen LogP contribution in [0.25, 0.3) is 22.2 Å². The van der Waals surface area contributed by atoms with Crippen molar-refractivity contribution in [1.29, 1.82) is 0 Å². The molecule has 0 atom stereocenters. The first-order valence-corrected chi connectivity index (χ1v) is 9.75. The number of nitrogens with one attached hydrogen (secondary N) is 1. The molecule has 0 bridgehead atoms. The molecular formula is C23H29N3O. The molecule has 3 aromatic rings. The second kappa shape index (κ2) is 9.38. The number of aromatic nitrogens is 1. The molecule has 27 heavy (non-hydrogen) atoms. The van der Waals surface area contributed by atoms with Crippen LogP contribution in [0.2, 0.25) is 0 Å². The van der Waals surface area contributed by atoms with Gasteiger partial charge in [-0.05, 0) is 38.2 Å². The van der Waals surface area contributed by atoms with Crippen LogP contribution in [-0.4, -0.2) is 43.2 Å². The zero-order valence-electron chi connectivity index (χ0n) is 16.5. The Kier molecular flexibility index (Phi) is 6.66. The predicted octanol–water partition coefficient (Wildman–Crippen LogP) is 5.05. The Morgan fingerprint density at radius 2 is 1.78 bits per heavy atom. The molecule has 4 nitrogen and oxygen atoms in total. The van der Waals surface area contributed by atoms with Crippen molar-refractivity contribution in [2.24, 2.45) is 0 Å². The maximum Gasteiger partial charge on any atom is 0.121 e. The Bertz CT molecular complexity index is 860. The largest absolute Gasteiger partial charge is 0.497 e. The molecule has 1 aromatic heterocycles. The molecule has 1 heterocycles. The fourth-order valence-corrected chi connectivity index (χ4v) is 3.30. The van der Waals surface area contributed by atoms with Crippen LogP contribution in [0.1, 0.15) is 20.3 Å². The van der Waals surface area contributed by atoms with Gasteiger partial charge in [-0.25, -0.2) is 4.98 Å². The van der Waals surface area contributed by atoms with Crippen molar-refractivity contribution in [3.8, 4) is 17.0 Å². The SMILES string of the molecule is CCN(CC)CCCNc1cc(OC)cc2ccc(-c3ccccc3)nc12. The van der Waals surface area contributed by atoms with Gasteiger partial charge in [-0.1, -0.05) is 50.2 Å². The number of rotatable bonds is 9. The van der Waals surface area contributed by atoms with Gasteiger partial charge in [0.2, 0.25) is 0 Å². The van der Waals surface area contributed by atoms with Gasteiger partial charge in [-0.15, -0.1) is 0 Å². The Morgan fingerprint density at radius 1 is 1.00 bits per heavy atom. The molecule has 0 spiro atoms. The molecule has 0 saturated heterocycles. The van der Waals surface area contributed by atoms with E-state index in [1.165, 1.54) is 0 Å². The van der Waals surface area contributed by atoms with E-state index in [-0.39, 0.29) is 0 Å². The summed E-state index contributed by atoms with van der Waals surface area (Å²) in [6.07, 6.45) is 1.10. The summed E-state index contributed by atoms with van der Waals surface area (Å²) < 4.78 is 5.48. The van der Waals surface area contributed by atoms with Gasteiger partial charge >= 0.3 is 0 Å². The number of ether oxygens (including phenoxy) is 1. The van der Waals surface area contributed by atoms with Crippen LogP contribution < -0.4 is 10.1 Å². The molecule has 0 aliphatic rings. The van der Waals surface area contributed by atoms with Crippen molar-refractivity contribution in [2.45, 2.75) is 20.3 Å². The third-order valence-electron chi connectivity index (χ3n) is 4.93. The standard InChI is InChI=1S/C23H29N3O/c1-4-26(5-2)15-9-14-24-22-17-20(27-3)16-19-12-13-21(25-23(19)22)18-10-7-6-8-11-18/h6-8,10-13,16-17,24H,4-5,9,14-15H2,1-3H3. The van der Waals surface area contributed by atoms with Crippen LogP contribution in [0.4, 0.5) is 5.69 Å². The van der Waals surface area contributed by atoms with E-state index in [0.717, 1.165) is 66.2 Å². The molecule has 0 aliphatic heterocycles. The molecule has 0 radical (unpaired) electrons. The maximum absolute atomic E-state index is 5.48. The van der Waals surface area contributed by atoms with Gasteiger partial charge in [-0.2, -0.15) is 0 Å². The molecule has 1 N–H and O–H groups in total. The summed E-state index contributed by atoms with van der Waals surface area (Å²) in [6.45, 7) is 8.63. The number of hydrogen-bond acceptors (Lipinski definition) is 4. The smallest absolute Gasteiger partial charge is 0.121 e. The van der Waals surface area contributed by atoms with E-state index in [0.29, 0.717) is 0 Å². The molecule has 0 saturated carbocycles. The number of methoxy groups -OCH3 is 1. The summed E-state index contributed by atoms with van der Waals surface area (Å²) in [5.41, 5.74) is 4.13. The zero-order chi connectivity index (χ0) is 19.1. The molecule has 3 rings (SSSR count). The highest BCUT2D eigenvalue weighted by molar-refractivity contribution is 5.93. The topological polar surface area (TPSA) is 37.4 Å². The molecule has 0 unspecified atom stereocenters. The predicted molar refractivity (Wildman–Crippen MR) is 115 cm³/mol. The van der Waals surface area contributed by atoms with E-state index in [9.17, 15) is 0 Å². The number of anilines is 1. The monoisotopic (exact) mass is 363 g/mol. The lowest BCUT2D eigenvalue weighted by molar-refractivity contribution is 0.303. The Hall–Kier alpha value is -2.59. The van der Waals surface area contributed by atoms with Crippen molar-refractivity contribution < 1.29 is 4.74 Å². The lowest BCUT2D eigenvalue weighted by Crippen LogP contribution is -2.25. The maximum atomic E-state index is 5.48. The number of pyridine rings is 1. The highest BCUT2D eigenvalue weighted by Gasteiger charge is 2.09. The van der Waals surface area contributed by atoms with Crippen LogP contribution >= 0.6 is 0 Å². The Balaban J connectivity index is 1.85. The van der Waals surface area contributed by atoms with E-state index < -0.39 is 0 Å². The summed E-state index contributed by atoms with van der Waals surface area (Å²) >= 11 is 0. The van der Waals surface area contributed by atoms with E-state index in [1.807, 2.05) is 30.3 Å². The molecule has 0 fully saturated rings. The van der Waals surface area contributed by atoms with E-state index in [2.05, 4.69) is 48.3 Å². The van der Waals surface area contributed by atoms with Crippen LogP contribution in [0, 0.1) is 0 Å². The summed E-state index contributed by atoms with van der Waals surface area (Å²) in [5.74, 6) is 0.850. The second-order valence-corrected chi connectivity index (χ2v) is 6.62. The highest BCUT2D eigenvalue weighted by atomic mass is 16.5.